The smallest absolute Gasteiger partial charge is 0.173 e. The second-order valence-corrected chi connectivity index (χ2v) is 5.97. The van der Waals surface area contributed by atoms with E-state index in [1.54, 1.807) is 6.07 Å². The van der Waals surface area contributed by atoms with Crippen molar-refractivity contribution in [3.8, 4) is 11.5 Å². The summed E-state index contributed by atoms with van der Waals surface area (Å²) in [5, 5.41) is 19.9. The predicted molar refractivity (Wildman–Crippen MR) is 89.8 cm³/mol. The molecule has 0 heterocycles. The zero-order valence-electron chi connectivity index (χ0n) is 11.4. The Morgan fingerprint density at radius 3 is 2.45 bits per heavy atom. The number of rotatable bonds is 6. The summed E-state index contributed by atoms with van der Waals surface area (Å²) in [6, 6.07) is 1.11. The highest BCUT2D eigenvalue weighted by Gasteiger charge is 2.23. The quantitative estimate of drug-likeness (QED) is 0.636. The fraction of sp³-hybridized carbons (Fsp3) is 0.538. The number of aliphatic hydroxyl groups excluding tert-OH is 1. The third-order valence-corrected chi connectivity index (χ3v) is 5.18. The van der Waals surface area contributed by atoms with Gasteiger partial charge in [0.2, 0.25) is 0 Å². The first kappa shape index (κ1) is 20.0. The van der Waals surface area contributed by atoms with E-state index in [0.29, 0.717) is 26.7 Å². The highest BCUT2D eigenvalue weighted by atomic mass is 79.9. The molecule has 2 atom stereocenters. The number of aliphatic hydroxyl groups is 1. The zero-order valence-corrected chi connectivity index (χ0v) is 15.4. The molecule has 0 aliphatic heterocycles. The number of methoxy groups -OCH3 is 1. The monoisotopic (exact) mass is 431 g/mol. The van der Waals surface area contributed by atoms with E-state index in [9.17, 15) is 10.2 Å². The lowest BCUT2D eigenvalue weighted by molar-refractivity contribution is 0.132. The van der Waals surface area contributed by atoms with Gasteiger partial charge >= 0.3 is 0 Å². The average molecular weight is 434 g/mol. The van der Waals surface area contributed by atoms with Crippen molar-refractivity contribution in [1.82, 2.24) is 0 Å². The molecule has 0 radical (unpaired) electrons. The summed E-state index contributed by atoms with van der Waals surface area (Å²) in [6.07, 6.45) is 1.94. The van der Waals surface area contributed by atoms with Crippen molar-refractivity contribution < 1.29 is 14.9 Å². The number of benzene rings is 1. The van der Waals surface area contributed by atoms with Crippen LogP contribution in [0.2, 0.25) is 0 Å². The Balaban J connectivity index is 0.00000361. The fourth-order valence-corrected chi connectivity index (χ4v) is 2.80. The second kappa shape index (κ2) is 9.10. The molecule has 0 spiro atoms. The molecule has 0 saturated carbocycles. The highest BCUT2D eigenvalue weighted by molar-refractivity contribution is 9.13. The lowest BCUT2D eigenvalue weighted by Gasteiger charge is -2.22. The largest absolute Gasteiger partial charge is 0.503 e. The van der Waals surface area contributed by atoms with Crippen LogP contribution in [0.15, 0.2) is 15.0 Å². The van der Waals surface area contributed by atoms with Crippen LogP contribution in [0, 0.1) is 0 Å². The molecule has 116 valence electrons. The average Bonchev–Trinajstić information content (AvgIpc) is 2.42. The summed E-state index contributed by atoms with van der Waals surface area (Å²) in [6.45, 7) is 2.06. The zero-order chi connectivity index (χ0) is 14.6. The summed E-state index contributed by atoms with van der Waals surface area (Å²) in [7, 11) is 1.47. The van der Waals surface area contributed by atoms with Crippen LogP contribution in [0.25, 0.3) is 0 Å². The van der Waals surface area contributed by atoms with Gasteiger partial charge in [0.25, 0.3) is 0 Å². The lowest BCUT2D eigenvalue weighted by atomic mass is 9.98. The van der Waals surface area contributed by atoms with E-state index in [1.165, 1.54) is 7.11 Å². The normalized spacial score (nSPS) is 13.5. The van der Waals surface area contributed by atoms with Gasteiger partial charge in [-0.1, -0.05) is 19.8 Å². The number of ether oxygens (including phenoxy) is 1. The van der Waals surface area contributed by atoms with Gasteiger partial charge in [-0.2, -0.15) is 0 Å². The molecular formula is C13H20Br2ClNO3. The Morgan fingerprint density at radius 1 is 1.35 bits per heavy atom. The van der Waals surface area contributed by atoms with Crippen LogP contribution in [0.1, 0.15) is 37.8 Å². The summed E-state index contributed by atoms with van der Waals surface area (Å²) in [5.41, 5.74) is 6.78. The van der Waals surface area contributed by atoms with Gasteiger partial charge in [-0.05, 0) is 49.9 Å². The predicted octanol–water partition coefficient (Wildman–Crippen LogP) is 3.90. The molecule has 4 nitrogen and oxygen atoms in total. The summed E-state index contributed by atoms with van der Waals surface area (Å²) >= 11 is 6.66. The fourth-order valence-electron chi connectivity index (χ4n) is 1.81. The van der Waals surface area contributed by atoms with Crippen molar-refractivity contribution in [2.24, 2.45) is 5.73 Å². The van der Waals surface area contributed by atoms with Crippen LogP contribution in [-0.2, 0) is 0 Å². The van der Waals surface area contributed by atoms with E-state index in [0.717, 1.165) is 12.8 Å². The molecule has 1 aromatic rings. The Kier molecular flexibility index (Phi) is 9.09. The molecule has 0 fully saturated rings. The lowest BCUT2D eigenvalue weighted by Crippen LogP contribution is -2.26. The van der Waals surface area contributed by atoms with Gasteiger partial charge in [-0.15, -0.1) is 12.4 Å². The van der Waals surface area contributed by atoms with E-state index in [-0.39, 0.29) is 18.2 Å². The molecule has 0 amide bonds. The maximum Gasteiger partial charge on any atom is 0.173 e. The van der Waals surface area contributed by atoms with Crippen LogP contribution < -0.4 is 10.5 Å². The third-order valence-electron chi connectivity index (χ3n) is 3.02. The number of hydrogen-bond donors (Lipinski definition) is 3. The van der Waals surface area contributed by atoms with E-state index >= 15 is 0 Å². The van der Waals surface area contributed by atoms with Gasteiger partial charge in [0.05, 0.1) is 23.7 Å². The first-order valence-electron chi connectivity index (χ1n) is 6.12. The van der Waals surface area contributed by atoms with E-state index in [1.807, 2.05) is 0 Å². The molecule has 0 bridgehead atoms. The standard InChI is InChI=1S/C13H19Br2NO3.ClH/c1-3-4-5-8(17)12(16)7-6-9(19-2)13(18)11(15)10(7)14;/h6,8,12,17-18H,3-5,16H2,1-2H3;1H/t8-,12+;/m1./s1. The molecule has 20 heavy (non-hydrogen) atoms. The molecule has 1 rings (SSSR count). The Hall–Kier alpha value is -0.01000. The Bertz CT molecular complexity index is 446. The maximum atomic E-state index is 10.1. The SMILES string of the molecule is CCCC[C@@H](O)[C@@H](N)c1cc(OC)c(O)c(Br)c1Br.Cl. The van der Waals surface area contributed by atoms with E-state index < -0.39 is 12.1 Å². The van der Waals surface area contributed by atoms with Gasteiger partial charge in [0, 0.05) is 4.47 Å². The van der Waals surface area contributed by atoms with Gasteiger partial charge < -0.3 is 20.7 Å². The molecule has 0 saturated heterocycles. The van der Waals surface area contributed by atoms with Gasteiger partial charge in [-0.3, -0.25) is 0 Å². The molecule has 0 aromatic heterocycles. The first-order valence-corrected chi connectivity index (χ1v) is 7.71. The topological polar surface area (TPSA) is 75.7 Å². The van der Waals surface area contributed by atoms with E-state index in [4.69, 9.17) is 10.5 Å². The van der Waals surface area contributed by atoms with Crippen LogP contribution in [0.5, 0.6) is 11.5 Å². The minimum Gasteiger partial charge on any atom is -0.503 e. The molecule has 4 N–H and O–H groups in total. The van der Waals surface area contributed by atoms with E-state index in [2.05, 4.69) is 38.8 Å². The first-order chi connectivity index (χ1) is 8.93. The van der Waals surface area contributed by atoms with Crippen molar-refractivity contribution in [3.05, 3.63) is 20.6 Å². The number of nitrogens with two attached hydrogens (primary N) is 1. The minimum absolute atomic E-state index is 0. The van der Waals surface area contributed by atoms with Crippen molar-refractivity contribution in [1.29, 1.82) is 0 Å². The number of phenols is 1. The van der Waals surface area contributed by atoms with Crippen molar-refractivity contribution in [2.45, 2.75) is 38.3 Å². The number of phenolic OH excluding ortho intramolecular Hbond substituents is 1. The maximum absolute atomic E-state index is 10.1. The Labute approximate surface area is 142 Å². The minimum atomic E-state index is -0.627. The third kappa shape index (κ3) is 4.49. The molecule has 7 heteroatoms. The number of aromatic hydroxyl groups is 1. The number of halogens is 3. The van der Waals surface area contributed by atoms with Crippen molar-refractivity contribution >= 4 is 44.3 Å². The van der Waals surface area contributed by atoms with Crippen LogP contribution in [0.3, 0.4) is 0 Å². The molecule has 1 aromatic carbocycles. The summed E-state index contributed by atoms with van der Waals surface area (Å²) < 4.78 is 6.20. The second-order valence-electron chi connectivity index (χ2n) is 4.38. The molecule has 0 unspecified atom stereocenters. The van der Waals surface area contributed by atoms with Gasteiger partial charge in [0.1, 0.15) is 0 Å². The molecule has 0 aliphatic carbocycles. The summed E-state index contributed by atoms with van der Waals surface area (Å²) in [5.74, 6) is 0.330. The van der Waals surface area contributed by atoms with Gasteiger partial charge in [0.15, 0.2) is 11.5 Å². The number of unbranched alkanes of at least 4 members (excludes halogenated alkanes) is 1. The highest BCUT2D eigenvalue weighted by Crippen LogP contribution is 2.43. The summed E-state index contributed by atoms with van der Waals surface area (Å²) in [4.78, 5) is 0. The van der Waals surface area contributed by atoms with Gasteiger partial charge in [-0.25, -0.2) is 0 Å². The van der Waals surface area contributed by atoms with Crippen LogP contribution >= 0.6 is 44.3 Å². The van der Waals surface area contributed by atoms with Crippen LogP contribution in [-0.4, -0.2) is 23.4 Å². The van der Waals surface area contributed by atoms with Crippen molar-refractivity contribution in [3.63, 3.8) is 0 Å². The molecule has 0 aliphatic rings. The molecular weight excluding hydrogens is 413 g/mol. The number of hydrogen-bond acceptors (Lipinski definition) is 4. The Morgan fingerprint density at radius 2 is 1.95 bits per heavy atom. The van der Waals surface area contributed by atoms with Crippen LogP contribution in [0.4, 0.5) is 0 Å². The van der Waals surface area contributed by atoms with Crippen molar-refractivity contribution in [2.75, 3.05) is 7.11 Å².